The van der Waals surface area contributed by atoms with E-state index in [4.69, 9.17) is 13.8 Å². The number of aliphatic hydroxyl groups is 1. The molecule has 0 spiro atoms. The van der Waals surface area contributed by atoms with Crippen molar-refractivity contribution in [2.24, 2.45) is 0 Å². The summed E-state index contributed by atoms with van der Waals surface area (Å²) in [7, 11) is -6.72. The SMILES string of the molecule is COc1ccc([C@H](NS(=O)(=O)c2ccc(C)cc2)[C@@H](O)P(=O)(OC(C)C)OC(C)C)cc1. The van der Waals surface area contributed by atoms with Crippen LogP contribution in [0.15, 0.2) is 53.4 Å². The molecule has 0 bridgehead atoms. The van der Waals surface area contributed by atoms with E-state index >= 15 is 0 Å². The molecule has 0 saturated heterocycles. The molecule has 0 aliphatic heterocycles. The molecule has 0 saturated carbocycles. The molecule has 0 amide bonds. The lowest BCUT2D eigenvalue weighted by atomic mass is 10.1. The van der Waals surface area contributed by atoms with Crippen LogP contribution in [-0.2, 0) is 23.6 Å². The Morgan fingerprint density at radius 3 is 1.84 bits per heavy atom. The Hall–Kier alpha value is -1.74. The Balaban J connectivity index is 2.53. The van der Waals surface area contributed by atoms with E-state index in [1.165, 1.54) is 19.2 Å². The number of aryl methyl sites for hydroxylation is 1. The first-order valence-electron chi connectivity index (χ1n) is 10.3. The first-order valence-corrected chi connectivity index (χ1v) is 13.3. The Bertz CT molecular complexity index is 1010. The molecule has 0 aliphatic rings. The van der Waals surface area contributed by atoms with Gasteiger partial charge in [0.2, 0.25) is 10.0 Å². The van der Waals surface area contributed by atoms with Crippen LogP contribution in [0.2, 0.25) is 0 Å². The molecule has 2 rings (SSSR count). The summed E-state index contributed by atoms with van der Waals surface area (Å²) in [5, 5.41) is 11.2. The quantitative estimate of drug-likeness (QED) is 0.454. The van der Waals surface area contributed by atoms with Gasteiger partial charge in [0.1, 0.15) is 5.75 Å². The Labute approximate surface area is 190 Å². The third-order valence-electron chi connectivity index (χ3n) is 4.43. The third kappa shape index (κ3) is 6.88. The third-order valence-corrected chi connectivity index (χ3v) is 8.26. The zero-order valence-electron chi connectivity index (χ0n) is 19.2. The molecule has 0 aliphatic carbocycles. The summed E-state index contributed by atoms with van der Waals surface area (Å²) in [6.45, 7) is 8.46. The van der Waals surface area contributed by atoms with Crippen molar-refractivity contribution in [1.82, 2.24) is 4.72 Å². The molecule has 0 radical (unpaired) electrons. The van der Waals surface area contributed by atoms with E-state index in [9.17, 15) is 18.1 Å². The molecular formula is C22H32NO7PS. The van der Waals surface area contributed by atoms with Crippen LogP contribution >= 0.6 is 7.60 Å². The topological polar surface area (TPSA) is 111 Å². The van der Waals surface area contributed by atoms with Crippen LogP contribution in [0.4, 0.5) is 0 Å². The van der Waals surface area contributed by atoms with Gasteiger partial charge in [-0.25, -0.2) is 13.1 Å². The second kappa shape index (κ2) is 10.9. The smallest absolute Gasteiger partial charge is 0.361 e. The number of benzene rings is 2. The maximum absolute atomic E-state index is 13.6. The fourth-order valence-electron chi connectivity index (χ4n) is 2.98. The molecule has 10 heteroatoms. The maximum atomic E-state index is 13.6. The molecule has 0 unspecified atom stereocenters. The first kappa shape index (κ1) is 26.5. The van der Waals surface area contributed by atoms with Crippen molar-refractivity contribution >= 4 is 17.6 Å². The minimum atomic E-state index is -4.15. The number of aliphatic hydroxyl groups excluding tert-OH is 1. The first-order chi connectivity index (χ1) is 14.9. The zero-order chi connectivity index (χ0) is 24.1. The van der Waals surface area contributed by atoms with Crippen molar-refractivity contribution in [3.63, 3.8) is 0 Å². The van der Waals surface area contributed by atoms with E-state index in [-0.39, 0.29) is 4.90 Å². The molecule has 178 valence electrons. The molecule has 2 atom stereocenters. The number of rotatable bonds is 11. The minimum absolute atomic E-state index is 0.0122. The van der Waals surface area contributed by atoms with Gasteiger partial charge in [0, 0.05) is 0 Å². The molecule has 0 heterocycles. The van der Waals surface area contributed by atoms with Crippen LogP contribution < -0.4 is 9.46 Å². The highest BCUT2D eigenvalue weighted by atomic mass is 32.2. The molecule has 2 N–H and O–H groups in total. The fraction of sp³-hybridized carbons (Fsp3) is 0.455. The van der Waals surface area contributed by atoms with Crippen LogP contribution in [-0.4, -0.2) is 38.7 Å². The van der Waals surface area contributed by atoms with Gasteiger partial charge in [-0.1, -0.05) is 29.8 Å². The predicted octanol–water partition coefficient (Wildman–Crippen LogP) is 4.38. The molecular weight excluding hydrogens is 453 g/mol. The number of hydrogen-bond acceptors (Lipinski definition) is 7. The summed E-state index contributed by atoms with van der Waals surface area (Å²) >= 11 is 0. The Morgan fingerprint density at radius 1 is 0.906 bits per heavy atom. The average molecular weight is 486 g/mol. The van der Waals surface area contributed by atoms with E-state index in [1.54, 1.807) is 64.1 Å². The molecule has 8 nitrogen and oxygen atoms in total. The monoisotopic (exact) mass is 485 g/mol. The molecule has 32 heavy (non-hydrogen) atoms. The van der Waals surface area contributed by atoms with Crippen LogP contribution in [0.25, 0.3) is 0 Å². The summed E-state index contributed by atoms with van der Waals surface area (Å²) in [6, 6.07) is 11.4. The number of sulfonamides is 1. The maximum Gasteiger partial charge on any atom is 0.361 e. The summed E-state index contributed by atoms with van der Waals surface area (Å²) in [5.41, 5.74) is 1.27. The van der Waals surface area contributed by atoms with Gasteiger partial charge in [0.15, 0.2) is 5.85 Å². The van der Waals surface area contributed by atoms with Gasteiger partial charge in [-0.3, -0.25) is 4.57 Å². The second-order valence-corrected chi connectivity index (χ2v) is 11.7. The minimum Gasteiger partial charge on any atom is -0.497 e. The van der Waals surface area contributed by atoms with Gasteiger partial charge in [-0.15, -0.1) is 0 Å². The zero-order valence-corrected chi connectivity index (χ0v) is 20.9. The number of nitrogens with one attached hydrogen (secondary N) is 1. The van der Waals surface area contributed by atoms with E-state index in [0.717, 1.165) is 5.56 Å². The molecule has 2 aromatic rings. The lowest BCUT2D eigenvalue weighted by Crippen LogP contribution is -2.37. The van der Waals surface area contributed by atoms with Crippen molar-refractivity contribution < 1.29 is 31.9 Å². The van der Waals surface area contributed by atoms with Gasteiger partial charge < -0.3 is 18.9 Å². The van der Waals surface area contributed by atoms with Crippen LogP contribution in [0, 0.1) is 6.92 Å². The Kier molecular flexibility index (Phi) is 9.05. The summed E-state index contributed by atoms with van der Waals surface area (Å²) in [5.74, 6) is -1.26. The summed E-state index contributed by atoms with van der Waals surface area (Å²) in [4.78, 5) is 0.0122. The average Bonchev–Trinajstić information content (AvgIpc) is 2.71. The van der Waals surface area contributed by atoms with E-state index in [0.29, 0.717) is 11.3 Å². The highest BCUT2D eigenvalue weighted by Gasteiger charge is 2.44. The second-order valence-electron chi connectivity index (χ2n) is 7.95. The van der Waals surface area contributed by atoms with Gasteiger partial charge in [-0.05, 0) is 64.4 Å². The number of ether oxygens (including phenoxy) is 1. The van der Waals surface area contributed by atoms with Crippen molar-refractivity contribution in [3.05, 3.63) is 59.7 Å². The van der Waals surface area contributed by atoms with Gasteiger partial charge in [0.05, 0.1) is 30.3 Å². The lowest BCUT2D eigenvalue weighted by Gasteiger charge is -2.32. The highest BCUT2D eigenvalue weighted by molar-refractivity contribution is 7.89. The standard InChI is InChI=1S/C22H32NO7PS/c1-15(2)29-31(25,30-16(3)4)22(24)21(18-9-11-19(28-6)12-10-18)23-32(26,27)20-13-7-17(5)8-14-20/h7-16,21-24H,1-6H3/t21-,22-/m0/s1. The van der Waals surface area contributed by atoms with Gasteiger partial charge in [0.25, 0.3) is 0 Å². The predicted molar refractivity (Wildman–Crippen MR) is 123 cm³/mol. The van der Waals surface area contributed by atoms with E-state index in [2.05, 4.69) is 4.72 Å². The normalized spacial score (nSPS) is 14.5. The summed E-state index contributed by atoms with van der Waals surface area (Å²) < 4.78 is 58.5. The highest BCUT2D eigenvalue weighted by Crippen LogP contribution is 2.57. The van der Waals surface area contributed by atoms with Crippen molar-refractivity contribution in [3.8, 4) is 5.75 Å². The fourth-order valence-corrected chi connectivity index (χ4v) is 6.40. The van der Waals surface area contributed by atoms with Crippen LogP contribution in [0.3, 0.4) is 0 Å². The van der Waals surface area contributed by atoms with Crippen molar-refractivity contribution in [2.75, 3.05) is 7.11 Å². The van der Waals surface area contributed by atoms with Gasteiger partial charge in [-0.2, -0.15) is 0 Å². The molecule has 0 fully saturated rings. The van der Waals surface area contributed by atoms with Crippen LogP contribution in [0.5, 0.6) is 5.75 Å². The van der Waals surface area contributed by atoms with Crippen LogP contribution in [0.1, 0.15) is 44.9 Å². The lowest BCUT2D eigenvalue weighted by molar-refractivity contribution is 0.0901. The van der Waals surface area contributed by atoms with E-state index < -0.39 is 41.7 Å². The largest absolute Gasteiger partial charge is 0.497 e. The summed E-state index contributed by atoms with van der Waals surface area (Å²) in [6.07, 6.45) is -1.06. The van der Waals surface area contributed by atoms with Crippen molar-refractivity contribution in [1.29, 1.82) is 0 Å². The van der Waals surface area contributed by atoms with Crippen molar-refractivity contribution in [2.45, 2.75) is 63.6 Å². The molecule has 2 aromatic carbocycles. The van der Waals surface area contributed by atoms with Gasteiger partial charge >= 0.3 is 7.60 Å². The van der Waals surface area contributed by atoms with E-state index in [1.807, 2.05) is 6.92 Å². The molecule has 0 aromatic heterocycles. The number of methoxy groups -OCH3 is 1. The Morgan fingerprint density at radius 2 is 1.41 bits per heavy atom. The number of hydrogen-bond donors (Lipinski definition) is 2.